The summed E-state index contributed by atoms with van der Waals surface area (Å²) >= 11 is 1.71. The van der Waals surface area contributed by atoms with Crippen LogP contribution in [0.3, 0.4) is 0 Å². The number of aryl methyl sites for hydroxylation is 1. The average molecular weight is 465 g/mol. The lowest BCUT2D eigenvalue weighted by molar-refractivity contribution is 0.0938. The molecule has 3 heterocycles. The van der Waals surface area contributed by atoms with Crippen molar-refractivity contribution >= 4 is 17.2 Å². The van der Waals surface area contributed by atoms with Crippen molar-refractivity contribution in [2.24, 2.45) is 0 Å². The molecule has 1 aliphatic carbocycles. The Kier molecular flexibility index (Phi) is 6.37. The minimum atomic E-state index is -0.271. The molecule has 2 fully saturated rings. The first-order valence-corrected chi connectivity index (χ1v) is 12.3. The van der Waals surface area contributed by atoms with Gasteiger partial charge in [-0.3, -0.25) is 4.79 Å². The largest absolute Gasteiger partial charge is 0.488 e. The van der Waals surface area contributed by atoms with Crippen molar-refractivity contribution in [3.63, 3.8) is 0 Å². The summed E-state index contributed by atoms with van der Waals surface area (Å²) in [5, 5.41) is 12.2. The maximum atomic E-state index is 13.2. The number of rotatable bonds is 7. The lowest BCUT2D eigenvalue weighted by Gasteiger charge is -2.23. The lowest BCUT2D eigenvalue weighted by atomic mass is 9.85. The van der Waals surface area contributed by atoms with Crippen molar-refractivity contribution in [3.05, 3.63) is 58.4 Å². The third-order valence-electron chi connectivity index (χ3n) is 6.25. The molecular weight excluding hydrogens is 436 g/mol. The van der Waals surface area contributed by atoms with Crippen molar-refractivity contribution in [2.45, 2.75) is 57.6 Å². The van der Waals surface area contributed by atoms with Crippen molar-refractivity contribution in [3.8, 4) is 16.3 Å². The van der Waals surface area contributed by atoms with Crippen LogP contribution in [0.25, 0.3) is 10.6 Å². The Morgan fingerprint density at radius 1 is 1.21 bits per heavy atom. The predicted molar refractivity (Wildman–Crippen MR) is 127 cm³/mol. The van der Waals surface area contributed by atoms with Crippen molar-refractivity contribution in [1.29, 1.82) is 0 Å². The minimum absolute atomic E-state index is 0.000232. The first-order valence-electron chi connectivity index (χ1n) is 11.5. The Hall–Kier alpha value is -2.84. The summed E-state index contributed by atoms with van der Waals surface area (Å²) in [5.41, 5.74) is 2.99. The van der Waals surface area contributed by atoms with E-state index in [0.29, 0.717) is 30.4 Å². The van der Waals surface area contributed by atoms with Gasteiger partial charge in [0.05, 0.1) is 30.6 Å². The van der Waals surface area contributed by atoms with E-state index in [0.717, 1.165) is 28.4 Å². The van der Waals surface area contributed by atoms with Crippen LogP contribution in [0, 0.1) is 6.92 Å². The molecule has 7 nitrogen and oxygen atoms in total. The van der Waals surface area contributed by atoms with Gasteiger partial charge in [-0.15, -0.1) is 11.3 Å². The van der Waals surface area contributed by atoms with Gasteiger partial charge < -0.3 is 14.8 Å². The van der Waals surface area contributed by atoms with Crippen LogP contribution in [0.15, 0.2) is 36.5 Å². The van der Waals surface area contributed by atoms with Crippen LogP contribution in [-0.2, 0) is 4.74 Å². The van der Waals surface area contributed by atoms with Gasteiger partial charge in [0.1, 0.15) is 16.9 Å². The van der Waals surface area contributed by atoms with Gasteiger partial charge in [0.15, 0.2) is 0 Å². The number of thiazole rings is 1. The van der Waals surface area contributed by atoms with Crippen LogP contribution in [0.1, 0.15) is 71.2 Å². The molecule has 1 aliphatic heterocycles. The molecule has 3 aromatic rings. The minimum Gasteiger partial charge on any atom is -0.488 e. The molecule has 8 heteroatoms. The lowest BCUT2D eigenvalue weighted by Crippen LogP contribution is -2.27. The van der Waals surface area contributed by atoms with E-state index in [2.05, 4.69) is 20.5 Å². The number of carbonyl (C=O) groups excluding carboxylic acids is 1. The average Bonchev–Trinajstić information content (AvgIpc) is 3.45. The van der Waals surface area contributed by atoms with Crippen LogP contribution in [0.2, 0.25) is 0 Å². The first-order chi connectivity index (χ1) is 16.0. The summed E-state index contributed by atoms with van der Waals surface area (Å²) in [4.78, 5) is 19.2. The summed E-state index contributed by atoms with van der Waals surface area (Å²) < 4.78 is 11.6. The topological polar surface area (TPSA) is 86.2 Å². The number of carbonyl (C=O) groups is 1. The standard InChI is InChI=1S/C25H28N4O3S/c1-15-6-7-22(29-28-15)16(2)27-24(30)18-10-19(12-21(11-18)32-20-8-9-31-14-20)25-26-13-23(33-25)17-4-3-5-17/h6-7,10-13,16-17,20H,3-5,8-9,14H2,1-2H3,(H,27,30)/t16?,20-/m1/s1. The second kappa shape index (κ2) is 9.57. The van der Waals surface area contributed by atoms with E-state index < -0.39 is 0 Å². The zero-order valence-corrected chi connectivity index (χ0v) is 19.7. The van der Waals surface area contributed by atoms with Crippen molar-refractivity contribution in [1.82, 2.24) is 20.5 Å². The Bertz CT molecular complexity index is 1120. The first kappa shape index (κ1) is 22.0. The van der Waals surface area contributed by atoms with Gasteiger partial charge in [0.2, 0.25) is 0 Å². The number of aromatic nitrogens is 3. The van der Waals surface area contributed by atoms with E-state index in [1.807, 2.05) is 44.3 Å². The number of ether oxygens (including phenoxy) is 2. The Morgan fingerprint density at radius 2 is 2.09 bits per heavy atom. The zero-order chi connectivity index (χ0) is 22.8. The molecule has 2 aliphatic rings. The van der Waals surface area contributed by atoms with E-state index in [4.69, 9.17) is 9.47 Å². The van der Waals surface area contributed by atoms with E-state index >= 15 is 0 Å². The van der Waals surface area contributed by atoms with E-state index in [9.17, 15) is 4.79 Å². The number of benzene rings is 1. The molecule has 2 aromatic heterocycles. The van der Waals surface area contributed by atoms with Crippen LogP contribution < -0.4 is 10.1 Å². The quantitative estimate of drug-likeness (QED) is 0.539. The normalized spacial score (nSPS) is 19.2. The zero-order valence-electron chi connectivity index (χ0n) is 18.9. The summed E-state index contributed by atoms with van der Waals surface area (Å²) in [7, 11) is 0. The molecule has 0 spiro atoms. The van der Waals surface area contributed by atoms with Gasteiger partial charge in [-0.1, -0.05) is 6.42 Å². The third kappa shape index (κ3) is 5.07. The fourth-order valence-electron chi connectivity index (χ4n) is 4.02. The molecule has 0 radical (unpaired) electrons. The molecule has 1 aromatic carbocycles. The predicted octanol–water partition coefficient (Wildman–Crippen LogP) is 4.83. The smallest absolute Gasteiger partial charge is 0.251 e. The van der Waals surface area contributed by atoms with Crippen LogP contribution in [0.5, 0.6) is 5.75 Å². The Labute approximate surface area is 197 Å². The highest BCUT2D eigenvalue weighted by Crippen LogP contribution is 2.41. The number of nitrogens with zero attached hydrogens (tertiary/aromatic N) is 3. The molecule has 1 saturated heterocycles. The summed E-state index contributed by atoms with van der Waals surface area (Å²) in [6.07, 6.45) is 6.59. The van der Waals surface area contributed by atoms with E-state index in [1.165, 1.54) is 24.1 Å². The fraction of sp³-hybridized carbons (Fsp3) is 0.440. The third-order valence-corrected chi connectivity index (χ3v) is 7.46. The fourth-order valence-corrected chi connectivity index (χ4v) is 5.09. The van der Waals surface area contributed by atoms with Gasteiger partial charge in [-0.05, 0) is 62.9 Å². The van der Waals surface area contributed by atoms with E-state index in [-0.39, 0.29) is 18.1 Å². The van der Waals surface area contributed by atoms with Gasteiger partial charge in [-0.2, -0.15) is 10.2 Å². The molecule has 1 amide bonds. The van der Waals surface area contributed by atoms with Gasteiger partial charge in [0.25, 0.3) is 5.91 Å². The highest BCUT2D eigenvalue weighted by atomic mass is 32.1. The van der Waals surface area contributed by atoms with Crippen molar-refractivity contribution < 1.29 is 14.3 Å². The maximum absolute atomic E-state index is 13.2. The monoisotopic (exact) mass is 464 g/mol. The second-order valence-corrected chi connectivity index (χ2v) is 9.90. The van der Waals surface area contributed by atoms with Gasteiger partial charge in [0, 0.05) is 28.6 Å². The number of hydrogen-bond acceptors (Lipinski definition) is 7. The molecule has 172 valence electrons. The molecule has 1 N–H and O–H groups in total. The second-order valence-electron chi connectivity index (χ2n) is 8.84. The Morgan fingerprint density at radius 3 is 2.79 bits per heavy atom. The molecule has 5 rings (SSSR count). The molecule has 2 atom stereocenters. The summed E-state index contributed by atoms with van der Waals surface area (Å²) in [6.45, 7) is 5.06. The van der Waals surface area contributed by atoms with Crippen LogP contribution in [0.4, 0.5) is 0 Å². The van der Waals surface area contributed by atoms with E-state index in [1.54, 1.807) is 17.4 Å². The molecule has 1 unspecified atom stereocenters. The van der Waals surface area contributed by atoms with Crippen molar-refractivity contribution in [2.75, 3.05) is 13.2 Å². The highest BCUT2D eigenvalue weighted by Gasteiger charge is 2.23. The van der Waals surface area contributed by atoms with Crippen LogP contribution >= 0.6 is 11.3 Å². The number of hydrogen-bond donors (Lipinski definition) is 1. The molecule has 1 saturated carbocycles. The summed E-state index contributed by atoms with van der Waals surface area (Å²) in [6, 6.07) is 9.18. The molecule has 33 heavy (non-hydrogen) atoms. The maximum Gasteiger partial charge on any atom is 0.251 e. The van der Waals surface area contributed by atoms with Gasteiger partial charge >= 0.3 is 0 Å². The SMILES string of the molecule is Cc1ccc(C(C)NC(=O)c2cc(O[C@@H]3CCOC3)cc(-c3ncc(C4CCC4)s3)c2)nn1. The highest BCUT2D eigenvalue weighted by molar-refractivity contribution is 7.15. The summed E-state index contributed by atoms with van der Waals surface area (Å²) in [5.74, 6) is 1.11. The van der Waals surface area contributed by atoms with Gasteiger partial charge in [-0.25, -0.2) is 4.98 Å². The number of nitrogens with one attached hydrogen (secondary N) is 1. The Balaban J connectivity index is 1.40. The number of amides is 1. The van der Waals surface area contributed by atoms with Crippen LogP contribution in [-0.4, -0.2) is 40.4 Å². The molecular formula is C25H28N4O3S. The molecule has 0 bridgehead atoms.